The van der Waals surface area contributed by atoms with Crippen LogP contribution in [0.4, 0.5) is 4.79 Å². The average Bonchev–Trinajstić information content (AvgIpc) is 2.70. The summed E-state index contributed by atoms with van der Waals surface area (Å²) in [5, 5.41) is 4.95. The molecule has 0 spiro atoms. The van der Waals surface area contributed by atoms with Gasteiger partial charge in [-0.15, -0.1) is 0 Å². The third-order valence-electron chi connectivity index (χ3n) is 5.70. The van der Waals surface area contributed by atoms with Gasteiger partial charge in [-0.05, 0) is 58.4 Å². The van der Waals surface area contributed by atoms with Crippen LogP contribution in [-0.2, 0) is 33.3 Å². The number of esters is 2. The smallest absolute Gasteiger partial charge is 0.408 e. The third-order valence-corrected chi connectivity index (χ3v) is 5.70. The molecule has 2 N–H and O–H groups in total. The Labute approximate surface area is 194 Å². The first-order valence-corrected chi connectivity index (χ1v) is 11.1. The molecule has 2 bridgehead atoms. The molecule has 1 aliphatic heterocycles. The highest BCUT2D eigenvalue weighted by Crippen LogP contribution is 2.40. The lowest BCUT2D eigenvalue weighted by molar-refractivity contribution is -0.150. The summed E-state index contributed by atoms with van der Waals surface area (Å²) >= 11 is 0. The summed E-state index contributed by atoms with van der Waals surface area (Å²) in [4.78, 5) is 50.5. The molecule has 186 valence electrons. The van der Waals surface area contributed by atoms with Crippen molar-refractivity contribution >= 4 is 23.9 Å². The van der Waals surface area contributed by atoms with E-state index >= 15 is 0 Å². The largest absolute Gasteiger partial charge is 0.467 e. The van der Waals surface area contributed by atoms with Crippen LogP contribution in [0.5, 0.6) is 0 Å². The van der Waals surface area contributed by atoms with Crippen molar-refractivity contribution in [2.24, 2.45) is 5.41 Å². The third kappa shape index (κ3) is 7.73. The predicted molar refractivity (Wildman–Crippen MR) is 118 cm³/mol. The minimum Gasteiger partial charge on any atom is -0.467 e. The van der Waals surface area contributed by atoms with Crippen molar-refractivity contribution in [3.05, 3.63) is 11.3 Å². The van der Waals surface area contributed by atoms with Gasteiger partial charge in [0, 0.05) is 6.42 Å². The number of ether oxygens (including phenoxy) is 4. The zero-order valence-electron chi connectivity index (χ0n) is 20.5. The molecule has 2 aliphatic rings. The summed E-state index contributed by atoms with van der Waals surface area (Å²) in [6.45, 7) is 10.9. The Morgan fingerprint density at radius 2 is 1.91 bits per heavy atom. The molecule has 10 nitrogen and oxygen atoms in total. The van der Waals surface area contributed by atoms with Crippen LogP contribution in [0, 0.1) is 5.41 Å². The Bertz CT molecular complexity index is 816. The Balaban J connectivity index is 2.36. The first-order valence-electron chi connectivity index (χ1n) is 11.1. The molecule has 4 atom stereocenters. The molecule has 0 saturated carbocycles. The molecule has 0 unspecified atom stereocenters. The highest BCUT2D eigenvalue weighted by atomic mass is 16.6. The first kappa shape index (κ1) is 26.6. The predicted octanol–water partition coefficient (Wildman–Crippen LogP) is 2.35. The fraction of sp³-hybridized carbons (Fsp3) is 0.739. The number of carbonyl (C=O) groups is 4. The maximum Gasteiger partial charge on any atom is 0.408 e. The molecule has 1 saturated heterocycles. The van der Waals surface area contributed by atoms with Gasteiger partial charge in [-0.1, -0.05) is 6.92 Å². The quantitative estimate of drug-likeness (QED) is 0.467. The van der Waals surface area contributed by atoms with Gasteiger partial charge in [0.25, 0.3) is 0 Å². The van der Waals surface area contributed by atoms with Crippen molar-refractivity contribution in [2.45, 2.75) is 91.0 Å². The van der Waals surface area contributed by atoms with Gasteiger partial charge < -0.3 is 29.6 Å². The van der Waals surface area contributed by atoms with E-state index in [1.54, 1.807) is 27.7 Å². The van der Waals surface area contributed by atoms with E-state index in [2.05, 4.69) is 10.6 Å². The van der Waals surface area contributed by atoms with Gasteiger partial charge in [0.05, 0.1) is 26.2 Å². The summed E-state index contributed by atoms with van der Waals surface area (Å²) < 4.78 is 21.7. The van der Waals surface area contributed by atoms with E-state index in [0.717, 1.165) is 18.4 Å². The Kier molecular flexibility index (Phi) is 8.51. The molecule has 1 fully saturated rings. The number of carbonyl (C=O) groups excluding carboxylic acids is 4. The minimum absolute atomic E-state index is 0.297. The van der Waals surface area contributed by atoms with Crippen LogP contribution in [0.1, 0.15) is 67.2 Å². The lowest BCUT2D eigenvalue weighted by atomic mass is 9.76. The topological polar surface area (TPSA) is 129 Å². The fourth-order valence-electron chi connectivity index (χ4n) is 3.68. The number of methoxy groups -OCH3 is 1. The number of nitrogens with one attached hydrogen (secondary N) is 2. The van der Waals surface area contributed by atoms with Gasteiger partial charge in [-0.2, -0.15) is 0 Å². The monoisotopic (exact) mass is 468 g/mol. The lowest BCUT2D eigenvalue weighted by Crippen LogP contribution is -2.56. The van der Waals surface area contributed by atoms with Crippen molar-refractivity contribution in [1.82, 2.24) is 10.6 Å². The first-order chi connectivity index (χ1) is 15.2. The number of amides is 2. The highest BCUT2D eigenvalue weighted by Gasteiger charge is 2.38. The average molecular weight is 469 g/mol. The summed E-state index contributed by atoms with van der Waals surface area (Å²) in [6.07, 6.45) is -0.000797. The van der Waals surface area contributed by atoms with Crippen molar-refractivity contribution in [1.29, 1.82) is 0 Å². The van der Waals surface area contributed by atoms with E-state index in [4.69, 9.17) is 18.9 Å². The number of hydrogen-bond donors (Lipinski definition) is 2. The molecule has 0 aromatic heterocycles. The second-order valence-corrected chi connectivity index (χ2v) is 10.1. The van der Waals surface area contributed by atoms with E-state index in [-0.39, 0.29) is 5.41 Å². The van der Waals surface area contributed by atoms with Crippen LogP contribution in [0.15, 0.2) is 11.3 Å². The Morgan fingerprint density at radius 3 is 2.52 bits per heavy atom. The summed E-state index contributed by atoms with van der Waals surface area (Å²) in [7, 11) is 1.21. The summed E-state index contributed by atoms with van der Waals surface area (Å²) in [5.41, 5.74) is -0.163. The normalized spacial score (nSPS) is 29.5. The zero-order valence-corrected chi connectivity index (χ0v) is 20.5. The van der Waals surface area contributed by atoms with Gasteiger partial charge in [-0.3, -0.25) is 9.59 Å². The molecule has 0 aromatic rings. The number of alkyl carbamates (subject to hydrolysis) is 1. The summed E-state index contributed by atoms with van der Waals surface area (Å²) in [5.74, 6) is -1.59. The van der Waals surface area contributed by atoms with Crippen LogP contribution >= 0.6 is 0 Å². The minimum atomic E-state index is -1.33. The van der Waals surface area contributed by atoms with Gasteiger partial charge >= 0.3 is 18.0 Å². The SMILES string of the molecule is COC(=O)[C@H]1NC(=O)[C@@H](NC(=O)OC(C)(C)C)CC(=O)OC2=C(C)CC[C@@](C)(CO[C@@H]1C)C2. The van der Waals surface area contributed by atoms with Gasteiger partial charge in [0.1, 0.15) is 17.4 Å². The second kappa shape index (κ2) is 10.5. The molecule has 1 heterocycles. The molecule has 2 amide bonds. The Hall–Kier alpha value is -2.62. The number of hydrogen-bond acceptors (Lipinski definition) is 8. The lowest BCUT2D eigenvalue weighted by Gasteiger charge is -2.36. The zero-order chi connectivity index (χ0) is 25.0. The van der Waals surface area contributed by atoms with E-state index < -0.39 is 54.1 Å². The van der Waals surface area contributed by atoms with Crippen molar-refractivity contribution in [2.75, 3.05) is 13.7 Å². The number of fused-ring (bicyclic) bond motifs is 2. The maximum absolute atomic E-state index is 13.0. The Morgan fingerprint density at radius 1 is 1.24 bits per heavy atom. The molecule has 33 heavy (non-hydrogen) atoms. The fourth-order valence-corrected chi connectivity index (χ4v) is 3.68. The second-order valence-electron chi connectivity index (χ2n) is 10.1. The van der Waals surface area contributed by atoms with Crippen molar-refractivity contribution in [3.8, 4) is 0 Å². The van der Waals surface area contributed by atoms with Crippen LogP contribution in [0.3, 0.4) is 0 Å². The van der Waals surface area contributed by atoms with E-state index in [9.17, 15) is 19.2 Å². The molecule has 0 radical (unpaired) electrons. The van der Waals surface area contributed by atoms with Crippen molar-refractivity contribution in [3.63, 3.8) is 0 Å². The van der Waals surface area contributed by atoms with Gasteiger partial charge in [0.15, 0.2) is 6.04 Å². The van der Waals surface area contributed by atoms with Crippen LogP contribution < -0.4 is 10.6 Å². The number of allylic oxidation sites excluding steroid dienone is 2. The molecule has 1 aliphatic carbocycles. The van der Waals surface area contributed by atoms with E-state index in [0.29, 0.717) is 18.8 Å². The highest BCUT2D eigenvalue weighted by molar-refractivity contribution is 5.92. The van der Waals surface area contributed by atoms with Crippen LogP contribution in [-0.4, -0.2) is 61.4 Å². The van der Waals surface area contributed by atoms with Crippen LogP contribution in [0.25, 0.3) is 0 Å². The standard InChI is InChI=1S/C23H36N2O8/c1-13-8-9-23(6)11-16(13)32-17(26)10-15(24-21(29)33-22(3,4)5)19(27)25-18(20(28)30-7)14(2)31-12-23/h14-15,18H,8-12H2,1-7H3,(H,24,29)(H,25,27)/t14-,15+,18+,23-/m1/s1. The molecule has 0 aromatic carbocycles. The van der Waals surface area contributed by atoms with Gasteiger partial charge in [-0.25, -0.2) is 9.59 Å². The molecular formula is C23H36N2O8. The molecule has 2 rings (SSSR count). The maximum atomic E-state index is 13.0. The van der Waals surface area contributed by atoms with Gasteiger partial charge in [0.2, 0.25) is 5.91 Å². The molecule has 10 heteroatoms. The van der Waals surface area contributed by atoms with Crippen molar-refractivity contribution < 1.29 is 38.1 Å². The molecular weight excluding hydrogens is 432 g/mol. The number of rotatable bonds is 2. The van der Waals surface area contributed by atoms with E-state index in [1.807, 2.05) is 13.8 Å². The van der Waals surface area contributed by atoms with Crippen LogP contribution in [0.2, 0.25) is 0 Å². The summed E-state index contributed by atoms with van der Waals surface area (Å²) in [6, 6.07) is -2.46. The van der Waals surface area contributed by atoms with E-state index in [1.165, 1.54) is 7.11 Å².